The van der Waals surface area contributed by atoms with Crippen molar-refractivity contribution in [2.24, 2.45) is 23.7 Å². The van der Waals surface area contributed by atoms with Crippen molar-refractivity contribution in [2.45, 2.75) is 31.1 Å². The zero-order chi connectivity index (χ0) is 20.6. The number of hydrogen-bond acceptors (Lipinski definition) is 3. The summed E-state index contributed by atoms with van der Waals surface area (Å²) in [6.07, 6.45) is 5.50. The quantitative estimate of drug-likeness (QED) is 0.544. The zero-order valence-corrected chi connectivity index (χ0v) is 17.7. The van der Waals surface area contributed by atoms with Crippen molar-refractivity contribution in [1.29, 1.82) is 0 Å². The first-order chi connectivity index (χ1) is 14.5. The van der Waals surface area contributed by atoms with Crippen LogP contribution >= 0.6 is 23.2 Å². The minimum absolute atomic E-state index is 0.0169. The number of halogens is 2. The van der Waals surface area contributed by atoms with Gasteiger partial charge < -0.3 is 5.11 Å². The van der Waals surface area contributed by atoms with Gasteiger partial charge in [0.2, 0.25) is 0 Å². The molecule has 0 radical (unpaired) electrons. The largest absolute Gasteiger partial charge is 0.481 e. The second-order valence-electron chi connectivity index (χ2n) is 9.09. The van der Waals surface area contributed by atoms with E-state index in [0.717, 1.165) is 53.4 Å². The van der Waals surface area contributed by atoms with E-state index in [0.29, 0.717) is 21.9 Å². The predicted molar refractivity (Wildman–Crippen MR) is 117 cm³/mol. The van der Waals surface area contributed by atoms with Gasteiger partial charge in [0.25, 0.3) is 0 Å². The standard InChI is InChI=1S/C24H20Cl2N2O2/c25-17-7-5-12(8-18(17)26)14-2-1-3-19-20(14)22(28-11-27-19)24-9-13-4-6-15(23(29)30)16(10-24)21(13)24/h1-3,5,7-8,11,13,15-16,21H,4,6,9-10H2,(H,29,30). The van der Waals surface area contributed by atoms with Gasteiger partial charge in [-0.2, -0.15) is 0 Å². The number of aliphatic carboxylic acids is 1. The van der Waals surface area contributed by atoms with Crippen LogP contribution in [0.15, 0.2) is 42.7 Å². The lowest BCUT2D eigenvalue weighted by Gasteiger charge is -2.71. The topological polar surface area (TPSA) is 63.1 Å². The molecule has 0 amide bonds. The molecule has 0 bridgehead atoms. The van der Waals surface area contributed by atoms with Crippen LogP contribution in [0.25, 0.3) is 22.0 Å². The number of nitrogens with zero attached hydrogens (tertiary/aromatic N) is 2. The van der Waals surface area contributed by atoms with Gasteiger partial charge in [-0.25, -0.2) is 9.97 Å². The van der Waals surface area contributed by atoms with Gasteiger partial charge in [-0.3, -0.25) is 4.79 Å². The summed E-state index contributed by atoms with van der Waals surface area (Å²) in [4.78, 5) is 21.1. The maximum atomic E-state index is 11.8. The lowest BCUT2D eigenvalue weighted by molar-refractivity contribution is -0.191. The van der Waals surface area contributed by atoms with Crippen molar-refractivity contribution < 1.29 is 9.90 Å². The number of fused-ring (bicyclic) bond motifs is 1. The number of aromatic nitrogens is 2. The maximum absolute atomic E-state index is 11.8. The SMILES string of the molecule is O=C(O)C1CCC2CC3(c4ncnc5cccc(-c6ccc(Cl)c(Cl)c6)c45)CC1C23. The summed E-state index contributed by atoms with van der Waals surface area (Å²) < 4.78 is 0. The molecule has 30 heavy (non-hydrogen) atoms. The second-order valence-corrected chi connectivity index (χ2v) is 9.90. The molecule has 6 rings (SSSR count). The molecule has 3 fully saturated rings. The highest BCUT2D eigenvalue weighted by atomic mass is 35.5. The first kappa shape index (κ1) is 18.6. The molecule has 1 heterocycles. The highest BCUT2D eigenvalue weighted by Crippen LogP contribution is 2.73. The summed E-state index contributed by atoms with van der Waals surface area (Å²) in [5.74, 6) is 0.483. The fourth-order valence-corrected chi connectivity index (χ4v) is 7.02. The molecule has 2 aromatic carbocycles. The Morgan fingerprint density at radius 2 is 1.93 bits per heavy atom. The molecule has 0 saturated heterocycles. The number of carbonyl (C=O) groups is 1. The molecular formula is C24H20Cl2N2O2. The fraction of sp³-hybridized carbons (Fsp3) is 0.375. The van der Waals surface area contributed by atoms with Gasteiger partial charge in [0.15, 0.2) is 0 Å². The van der Waals surface area contributed by atoms with Crippen LogP contribution in [0.1, 0.15) is 31.4 Å². The second kappa shape index (κ2) is 6.41. The highest BCUT2D eigenvalue weighted by Gasteiger charge is 2.70. The van der Waals surface area contributed by atoms with E-state index in [-0.39, 0.29) is 17.3 Å². The molecular weight excluding hydrogens is 419 g/mol. The predicted octanol–water partition coefficient (Wildman–Crippen LogP) is 5.99. The van der Waals surface area contributed by atoms with Crippen LogP contribution in [0.4, 0.5) is 0 Å². The van der Waals surface area contributed by atoms with Crippen molar-refractivity contribution in [3.8, 4) is 11.1 Å². The molecule has 6 heteroatoms. The van der Waals surface area contributed by atoms with Crippen LogP contribution in [0.5, 0.6) is 0 Å². The van der Waals surface area contributed by atoms with Crippen LogP contribution in [-0.2, 0) is 10.2 Å². The Kier molecular flexibility index (Phi) is 3.97. The lowest BCUT2D eigenvalue weighted by atomic mass is 9.33. The fourth-order valence-electron chi connectivity index (χ4n) is 6.72. The average molecular weight is 439 g/mol. The number of benzene rings is 2. The Balaban J connectivity index is 1.51. The van der Waals surface area contributed by atoms with Crippen molar-refractivity contribution in [3.63, 3.8) is 0 Å². The van der Waals surface area contributed by atoms with Gasteiger partial charge in [0.05, 0.1) is 27.2 Å². The van der Waals surface area contributed by atoms with Crippen LogP contribution in [0.3, 0.4) is 0 Å². The number of carboxylic acids is 1. The molecule has 3 aliphatic rings. The summed E-state index contributed by atoms with van der Waals surface area (Å²) in [5.41, 5.74) is 4.01. The normalized spacial score (nSPS) is 31.5. The Morgan fingerprint density at radius 1 is 1.07 bits per heavy atom. The van der Waals surface area contributed by atoms with Crippen molar-refractivity contribution in [3.05, 3.63) is 58.5 Å². The van der Waals surface area contributed by atoms with E-state index >= 15 is 0 Å². The molecule has 5 unspecified atom stereocenters. The third-order valence-electron chi connectivity index (χ3n) is 7.88. The number of carboxylic acid groups (broad SMARTS) is 1. The Morgan fingerprint density at radius 3 is 2.73 bits per heavy atom. The van der Waals surface area contributed by atoms with E-state index in [1.165, 1.54) is 0 Å². The van der Waals surface area contributed by atoms with E-state index in [2.05, 4.69) is 11.1 Å². The third kappa shape index (κ3) is 2.38. The van der Waals surface area contributed by atoms with Crippen molar-refractivity contribution >= 4 is 40.1 Å². The van der Waals surface area contributed by atoms with Gasteiger partial charge in [0.1, 0.15) is 6.33 Å². The first-order valence-electron chi connectivity index (χ1n) is 10.4. The van der Waals surface area contributed by atoms with E-state index < -0.39 is 5.97 Å². The lowest BCUT2D eigenvalue weighted by Crippen LogP contribution is -2.68. The Bertz CT molecular complexity index is 1210. The van der Waals surface area contributed by atoms with Gasteiger partial charge >= 0.3 is 5.97 Å². The minimum Gasteiger partial charge on any atom is -0.481 e. The molecule has 3 aromatic rings. The monoisotopic (exact) mass is 438 g/mol. The average Bonchev–Trinajstić information content (AvgIpc) is 2.70. The van der Waals surface area contributed by atoms with Gasteiger partial charge in [0, 0.05) is 10.8 Å². The van der Waals surface area contributed by atoms with E-state index in [4.69, 9.17) is 28.2 Å². The van der Waals surface area contributed by atoms with Crippen LogP contribution < -0.4 is 0 Å². The van der Waals surface area contributed by atoms with E-state index in [1.807, 2.05) is 30.3 Å². The molecule has 0 spiro atoms. The molecule has 0 aliphatic heterocycles. The molecule has 5 atom stereocenters. The van der Waals surface area contributed by atoms with E-state index in [1.54, 1.807) is 6.33 Å². The first-order valence-corrected chi connectivity index (χ1v) is 11.2. The van der Waals surface area contributed by atoms with E-state index in [9.17, 15) is 9.90 Å². The molecule has 3 saturated carbocycles. The smallest absolute Gasteiger partial charge is 0.306 e. The molecule has 152 valence electrons. The third-order valence-corrected chi connectivity index (χ3v) is 8.62. The summed E-state index contributed by atoms with van der Waals surface area (Å²) in [6.45, 7) is 0. The molecule has 1 N–H and O–H groups in total. The Hall–Kier alpha value is -2.17. The number of rotatable bonds is 3. The van der Waals surface area contributed by atoms with Crippen LogP contribution in [0.2, 0.25) is 10.0 Å². The minimum atomic E-state index is -0.636. The van der Waals surface area contributed by atoms with Crippen LogP contribution in [0, 0.1) is 23.7 Å². The zero-order valence-electron chi connectivity index (χ0n) is 16.2. The summed E-state index contributed by atoms with van der Waals surface area (Å²) in [5, 5.41) is 11.8. The van der Waals surface area contributed by atoms with Crippen LogP contribution in [-0.4, -0.2) is 21.0 Å². The Labute approximate surface area is 184 Å². The van der Waals surface area contributed by atoms with Gasteiger partial charge in [-0.05, 0) is 72.8 Å². The van der Waals surface area contributed by atoms with Gasteiger partial charge in [-0.15, -0.1) is 0 Å². The molecule has 4 nitrogen and oxygen atoms in total. The summed E-state index contributed by atoms with van der Waals surface area (Å²) in [6, 6.07) is 11.8. The number of hydrogen-bond donors (Lipinski definition) is 1. The summed E-state index contributed by atoms with van der Waals surface area (Å²) in [7, 11) is 0. The highest BCUT2D eigenvalue weighted by molar-refractivity contribution is 6.42. The molecule has 1 aromatic heterocycles. The summed E-state index contributed by atoms with van der Waals surface area (Å²) >= 11 is 12.4. The van der Waals surface area contributed by atoms with Crippen molar-refractivity contribution in [1.82, 2.24) is 9.97 Å². The van der Waals surface area contributed by atoms with Gasteiger partial charge in [-0.1, -0.05) is 41.4 Å². The van der Waals surface area contributed by atoms with Crippen molar-refractivity contribution in [2.75, 3.05) is 0 Å². The maximum Gasteiger partial charge on any atom is 0.306 e. The molecule has 3 aliphatic carbocycles.